The first-order chi connectivity index (χ1) is 26.2. The normalized spacial score (nSPS) is 19.1. The van der Waals surface area contributed by atoms with Crippen LogP contribution in [0.5, 0.6) is 0 Å². The number of imide groups is 1. The monoisotopic (exact) mass is 772 g/mol. The molecule has 1 unspecified atom stereocenters. The lowest BCUT2D eigenvalue weighted by atomic mass is 9.92. The molecule has 5 rings (SSSR count). The molecule has 1 saturated carbocycles. The van der Waals surface area contributed by atoms with E-state index in [0.29, 0.717) is 45.4 Å². The van der Waals surface area contributed by atoms with Gasteiger partial charge in [-0.25, -0.2) is 14.1 Å². The highest BCUT2D eigenvalue weighted by Gasteiger charge is 2.58. The highest BCUT2D eigenvalue weighted by atomic mass is 19.4. The van der Waals surface area contributed by atoms with E-state index < -0.39 is 60.5 Å². The van der Waals surface area contributed by atoms with Crippen LogP contribution in [0, 0.1) is 11.7 Å². The van der Waals surface area contributed by atoms with Crippen molar-refractivity contribution in [3.8, 4) is 0 Å². The van der Waals surface area contributed by atoms with Crippen molar-refractivity contribution in [1.82, 2.24) is 15.1 Å². The molecule has 1 saturated heterocycles. The molecule has 0 aromatic heterocycles. The molecule has 55 heavy (non-hydrogen) atoms. The number of fused-ring (bicyclic) bond motifs is 2. The van der Waals surface area contributed by atoms with E-state index in [1.54, 1.807) is 6.07 Å². The van der Waals surface area contributed by atoms with E-state index in [4.69, 9.17) is 4.74 Å². The summed E-state index contributed by atoms with van der Waals surface area (Å²) in [5, 5.41) is 5.54. The number of anilines is 1. The Bertz CT molecular complexity index is 1740. The van der Waals surface area contributed by atoms with E-state index in [0.717, 1.165) is 64.0 Å². The second-order valence-electron chi connectivity index (χ2n) is 14.7. The second-order valence-corrected chi connectivity index (χ2v) is 14.7. The number of hydrogen-bond donors (Lipinski definition) is 2. The molecule has 298 valence electrons. The molecule has 2 N–H and O–H groups in total. The van der Waals surface area contributed by atoms with E-state index in [1.165, 1.54) is 37.1 Å². The molecule has 5 amide bonds. The minimum absolute atomic E-state index is 0.0181. The fraction of sp³-hybridized carbons (Fsp3) is 0.550. The number of rotatable bonds is 16. The van der Waals surface area contributed by atoms with Gasteiger partial charge in [0.2, 0.25) is 23.3 Å². The summed E-state index contributed by atoms with van der Waals surface area (Å²) in [6, 6.07) is 6.92. The Balaban J connectivity index is 1.09. The molecule has 15 heteroatoms. The zero-order valence-electron chi connectivity index (χ0n) is 31.0. The molecule has 1 aliphatic heterocycles. The molecule has 3 aliphatic rings. The van der Waals surface area contributed by atoms with Crippen molar-refractivity contribution < 1.29 is 51.1 Å². The van der Waals surface area contributed by atoms with Gasteiger partial charge in [-0.05, 0) is 74.4 Å². The van der Waals surface area contributed by atoms with Crippen molar-refractivity contribution >= 4 is 41.2 Å². The van der Waals surface area contributed by atoms with Crippen molar-refractivity contribution in [2.45, 2.75) is 121 Å². The number of ketones is 1. The number of carbonyl (C=O) groups excluding carboxylic acids is 6. The number of carbonyl (C=O) groups is 6. The van der Waals surface area contributed by atoms with Gasteiger partial charge in [0.1, 0.15) is 24.2 Å². The van der Waals surface area contributed by atoms with Gasteiger partial charge in [-0.2, -0.15) is 13.2 Å². The molecule has 1 spiro atoms. The van der Waals surface area contributed by atoms with Crippen molar-refractivity contribution in [3.63, 3.8) is 0 Å². The van der Waals surface area contributed by atoms with Crippen LogP contribution < -0.4 is 10.6 Å². The van der Waals surface area contributed by atoms with E-state index in [9.17, 15) is 46.3 Å². The predicted octanol–water partition coefficient (Wildman–Crippen LogP) is 6.86. The van der Waals surface area contributed by atoms with Crippen LogP contribution in [0.3, 0.4) is 0 Å². The average Bonchev–Trinajstić information content (AvgIpc) is 3.44. The van der Waals surface area contributed by atoms with Crippen LogP contribution in [0.25, 0.3) is 0 Å². The average molecular weight is 773 g/mol. The quantitative estimate of drug-likeness (QED) is 0.108. The third kappa shape index (κ3) is 10.5. The Hall–Kier alpha value is -4.82. The van der Waals surface area contributed by atoms with Gasteiger partial charge >= 0.3 is 12.3 Å². The number of aryl methyl sites for hydroxylation is 1. The van der Waals surface area contributed by atoms with Gasteiger partial charge in [0.15, 0.2) is 0 Å². The molecule has 2 aromatic carbocycles. The summed E-state index contributed by atoms with van der Waals surface area (Å²) in [6.07, 6.45) is 3.81. The number of benzene rings is 2. The number of nitrogens with one attached hydrogen (secondary N) is 2. The second kappa shape index (κ2) is 18.2. The Labute approximate surface area is 317 Å². The first-order valence-corrected chi connectivity index (χ1v) is 19.1. The fourth-order valence-electron chi connectivity index (χ4n) is 7.53. The lowest BCUT2D eigenvalue weighted by Crippen LogP contribution is -2.51. The minimum Gasteiger partial charge on any atom is -0.427 e. The number of halogens is 4. The Morgan fingerprint density at radius 2 is 1.62 bits per heavy atom. The van der Waals surface area contributed by atoms with Crippen LogP contribution in [-0.2, 0) is 47.3 Å². The van der Waals surface area contributed by atoms with Gasteiger partial charge in [-0.15, -0.1) is 0 Å². The summed E-state index contributed by atoms with van der Waals surface area (Å²) in [6.45, 7) is -0.312. The Kier molecular flexibility index (Phi) is 13.7. The van der Waals surface area contributed by atoms with Crippen molar-refractivity contribution in [3.05, 3.63) is 65.0 Å². The molecule has 11 nitrogen and oxygen atoms in total. The van der Waals surface area contributed by atoms with Gasteiger partial charge in [-0.1, -0.05) is 50.3 Å². The van der Waals surface area contributed by atoms with Crippen molar-refractivity contribution in [2.75, 3.05) is 18.4 Å². The van der Waals surface area contributed by atoms with Gasteiger partial charge < -0.3 is 20.3 Å². The zero-order valence-corrected chi connectivity index (χ0v) is 31.0. The van der Waals surface area contributed by atoms with Gasteiger partial charge in [0, 0.05) is 55.9 Å². The molecule has 0 bridgehead atoms. The lowest BCUT2D eigenvalue weighted by molar-refractivity contribution is -0.187. The SMILES string of the molecule is C[C@H](N(Cc1ccc(F)cc1)C(=O)CN1C(=O)OC2(CCc3cc(NC(=O)CCC(=O)NCCCCCC(=O)C4CCCCCC4)ccc32)C1=O)C(F)(F)F. The van der Waals surface area contributed by atoms with Crippen LogP contribution in [-0.4, -0.2) is 70.6 Å². The van der Waals surface area contributed by atoms with Crippen LogP contribution in [0.1, 0.15) is 107 Å². The maximum atomic E-state index is 13.8. The maximum Gasteiger partial charge on any atom is 0.418 e. The maximum absolute atomic E-state index is 13.8. The number of alkyl halides is 3. The number of amides is 5. The zero-order chi connectivity index (χ0) is 39.8. The fourth-order valence-corrected chi connectivity index (χ4v) is 7.53. The smallest absolute Gasteiger partial charge is 0.418 e. The van der Waals surface area contributed by atoms with E-state index in [-0.39, 0.29) is 43.1 Å². The van der Waals surface area contributed by atoms with E-state index >= 15 is 0 Å². The molecule has 1 heterocycles. The highest BCUT2D eigenvalue weighted by molar-refractivity contribution is 6.06. The first-order valence-electron chi connectivity index (χ1n) is 19.1. The van der Waals surface area contributed by atoms with Gasteiger partial charge in [0.05, 0.1) is 0 Å². The molecule has 2 aliphatic carbocycles. The molecule has 0 radical (unpaired) electrons. The third-order valence-corrected chi connectivity index (χ3v) is 10.8. The topological polar surface area (TPSA) is 142 Å². The summed E-state index contributed by atoms with van der Waals surface area (Å²) in [5.74, 6) is -2.77. The van der Waals surface area contributed by atoms with Gasteiger partial charge in [-0.3, -0.25) is 24.0 Å². The summed E-state index contributed by atoms with van der Waals surface area (Å²) in [4.78, 5) is 78.4. The summed E-state index contributed by atoms with van der Waals surface area (Å²) in [7, 11) is 0. The van der Waals surface area contributed by atoms with Gasteiger partial charge in [0.25, 0.3) is 5.91 Å². The highest BCUT2D eigenvalue weighted by Crippen LogP contribution is 2.46. The molecule has 2 atom stereocenters. The molecule has 2 fully saturated rings. The summed E-state index contributed by atoms with van der Waals surface area (Å²) >= 11 is 0. The van der Waals surface area contributed by atoms with Crippen molar-refractivity contribution in [2.24, 2.45) is 5.92 Å². The van der Waals surface area contributed by atoms with Crippen LogP contribution in [0.4, 0.5) is 28.0 Å². The Morgan fingerprint density at radius 3 is 2.31 bits per heavy atom. The number of Topliss-reactive ketones (excluding diaryl/α,β-unsaturated/α-hetero) is 1. The standard InChI is InChI=1S/C40H48F4N4O7/c1-26(40(42,43)44)47(24-27-12-14-30(41)15-13-27)36(52)25-48-37(53)39(55-38(48)54)21-20-29-23-31(16-17-32(29)39)46-35(51)19-18-34(50)45-22-8-4-7-11-33(49)28-9-5-2-3-6-10-28/h12-17,23,26,28H,2-11,18-22,24-25H2,1H3,(H,45,50)(H,46,51)/t26-,39?/m0/s1. The van der Waals surface area contributed by atoms with Crippen LogP contribution >= 0.6 is 0 Å². The lowest BCUT2D eigenvalue weighted by Gasteiger charge is -2.31. The van der Waals surface area contributed by atoms with E-state index in [2.05, 4.69) is 10.6 Å². The van der Waals surface area contributed by atoms with E-state index in [1.807, 2.05) is 0 Å². The van der Waals surface area contributed by atoms with Crippen LogP contribution in [0.2, 0.25) is 0 Å². The number of unbranched alkanes of at least 4 members (excludes halogenated alkanes) is 2. The number of hydrogen-bond acceptors (Lipinski definition) is 7. The molecular formula is C40H48F4N4O7. The number of ether oxygens (including phenoxy) is 1. The van der Waals surface area contributed by atoms with Crippen molar-refractivity contribution in [1.29, 1.82) is 0 Å². The third-order valence-electron chi connectivity index (χ3n) is 10.8. The van der Waals surface area contributed by atoms with Crippen LogP contribution in [0.15, 0.2) is 42.5 Å². The Morgan fingerprint density at radius 1 is 0.927 bits per heavy atom. The molecule has 2 aromatic rings. The molecular weight excluding hydrogens is 724 g/mol. The minimum atomic E-state index is -4.83. The largest absolute Gasteiger partial charge is 0.427 e. The predicted molar refractivity (Wildman–Crippen MR) is 193 cm³/mol. The number of nitrogens with zero attached hydrogens (tertiary/aromatic N) is 2. The first kappa shape index (κ1) is 41.3. The summed E-state index contributed by atoms with van der Waals surface area (Å²) < 4.78 is 60.2. The summed E-state index contributed by atoms with van der Waals surface area (Å²) in [5.41, 5.74) is -0.260.